The van der Waals surface area contributed by atoms with E-state index in [2.05, 4.69) is 4.98 Å². The van der Waals surface area contributed by atoms with Crippen LogP contribution in [0.25, 0.3) is 10.8 Å². The maximum atomic E-state index is 12.7. The van der Waals surface area contributed by atoms with Crippen LogP contribution in [-0.4, -0.2) is 51.4 Å². The lowest BCUT2D eigenvalue weighted by atomic mass is 10.1. The highest BCUT2D eigenvalue weighted by Crippen LogP contribution is 2.42. The van der Waals surface area contributed by atoms with Crippen molar-refractivity contribution >= 4 is 22.6 Å². The molecule has 0 radical (unpaired) electrons. The maximum absolute atomic E-state index is 12.7. The van der Waals surface area contributed by atoms with Gasteiger partial charge in [0.25, 0.3) is 0 Å². The summed E-state index contributed by atoms with van der Waals surface area (Å²) in [5.74, 6) is -1.38. The van der Waals surface area contributed by atoms with Crippen LogP contribution < -0.4 is 11.2 Å². The fourth-order valence-corrected chi connectivity index (χ4v) is 4.24. The van der Waals surface area contributed by atoms with Crippen molar-refractivity contribution in [2.24, 2.45) is 0 Å². The number of esters is 1. The maximum Gasteiger partial charge on any atom is 0.351 e. The van der Waals surface area contributed by atoms with Crippen LogP contribution in [0.3, 0.4) is 0 Å². The average molecular weight is 453 g/mol. The largest absolute Gasteiger partial charge is 0.459 e. The van der Waals surface area contributed by atoms with Crippen molar-refractivity contribution in [3.05, 3.63) is 70.8 Å². The van der Waals surface area contributed by atoms with Crippen molar-refractivity contribution < 1.29 is 28.9 Å². The number of carbonyl (C=O) groups excluding carboxylic acids is 1. The fourth-order valence-electron chi connectivity index (χ4n) is 4.24. The second kappa shape index (κ2) is 8.23. The lowest BCUT2D eigenvalue weighted by Crippen LogP contribution is -2.34. The van der Waals surface area contributed by atoms with Gasteiger partial charge < -0.3 is 18.9 Å². The van der Waals surface area contributed by atoms with Gasteiger partial charge in [-0.15, -0.1) is 0 Å². The smallest absolute Gasteiger partial charge is 0.351 e. The highest BCUT2D eigenvalue weighted by atomic mass is 16.8. The normalized spacial score (nSPS) is 25.7. The summed E-state index contributed by atoms with van der Waals surface area (Å²) in [5.41, 5.74) is 1.62. The molecular formula is C23H23N3O7. The molecular weight excluding hydrogens is 430 g/mol. The number of nitrogens with one attached hydrogen (secondary N) is 1. The first-order valence-corrected chi connectivity index (χ1v) is 10.5. The van der Waals surface area contributed by atoms with Crippen LogP contribution in [-0.2, 0) is 18.9 Å². The summed E-state index contributed by atoms with van der Waals surface area (Å²) in [6.07, 6.45) is -1.23. The molecule has 2 aromatic carbocycles. The number of fused-ring (bicyclic) bond motifs is 2. The van der Waals surface area contributed by atoms with E-state index in [0.29, 0.717) is 5.56 Å². The topological polar surface area (TPSA) is 121 Å². The molecule has 10 nitrogen and oxygen atoms in total. The number of nitrogens with zero attached hydrogens (tertiary/aromatic N) is 2. The SMILES string of the molecule is CC1(C)O[C@@H]2[C@H](O1)[C@@H](COC(=O)c1ccc3ccccc3c1)O[C@H]2n1ccc(NO)nc1=O. The van der Waals surface area contributed by atoms with Crippen molar-refractivity contribution in [3.63, 3.8) is 0 Å². The molecule has 0 spiro atoms. The van der Waals surface area contributed by atoms with Crippen molar-refractivity contribution in [1.29, 1.82) is 0 Å². The quantitative estimate of drug-likeness (QED) is 0.443. The van der Waals surface area contributed by atoms with E-state index >= 15 is 0 Å². The molecule has 0 bridgehead atoms. The molecule has 1 aromatic heterocycles. The second-order valence-electron chi connectivity index (χ2n) is 8.40. The number of aromatic nitrogens is 2. The molecule has 2 aliphatic rings. The van der Waals surface area contributed by atoms with Gasteiger partial charge in [-0.25, -0.2) is 9.59 Å². The second-order valence-corrected chi connectivity index (χ2v) is 8.40. The molecule has 2 aliphatic heterocycles. The monoisotopic (exact) mass is 453 g/mol. The molecule has 5 rings (SSSR count). The molecule has 172 valence electrons. The first-order valence-electron chi connectivity index (χ1n) is 10.5. The molecule has 10 heteroatoms. The Morgan fingerprint density at radius 3 is 2.67 bits per heavy atom. The van der Waals surface area contributed by atoms with Gasteiger partial charge in [-0.2, -0.15) is 4.98 Å². The van der Waals surface area contributed by atoms with Gasteiger partial charge in [0.2, 0.25) is 0 Å². The van der Waals surface area contributed by atoms with Gasteiger partial charge in [-0.05, 0) is 42.8 Å². The van der Waals surface area contributed by atoms with Crippen LogP contribution in [0.4, 0.5) is 5.82 Å². The molecule has 4 atom stereocenters. The van der Waals surface area contributed by atoms with Gasteiger partial charge in [-0.3, -0.25) is 15.3 Å². The zero-order valence-electron chi connectivity index (χ0n) is 18.0. The molecule has 0 amide bonds. The predicted octanol–water partition coefficient (Wildman–Crippen LogP) is 2.47. The highest BCUT2D eigenvalue weighted by molar-refractivity contribution is 5.95. The van der Waals surface area contributed by atoms with E-state index in [1.807, 2.05) is 35.8 Å². The lowest BCUT2D eigenvalue weighted by molar-refractivity contribution is -0.200. The Balaban J connectivity index is 1.34. The van der Waals surface area contributed by atoms with E-state index in [4.69, 9.17) is 24.2 Å². The fraction of sp³-hybridized carbons (Fsp3) is 0.348. The molecule has 3 aromatic rings. The molecule has 33 heavy (non-hydrogen) atoms. The third-order valence-corrected chi connectivity index (χ3v) is 5.71. The van der Waals surface area contributed by atoms with Gasteiger partial charge in [0.05, 0.1) is 5.56 Å². The van der Waals surface area contributed by atoms with E-state index < -0.39 is 42.0 Å². The molecule has 2 N–H and O–H groups in total. The summed E-state index contributed by atoms with van der Waals surface area (Å²) in [6.45, 7) is 3.45. The number of carbonyl (C=O) groups is 1. The third-order valence-electron chi connectivity index (χ3n) is 5.71. The summed E-state index contributed by atoms with van der Waals surface area (Å²) in [6, 6.07) is 14.5. The van der Waals surface area contributed by atoms with Crippen molar-refractivity contribution in [2.45, 2.75) is 44.2 Å². The minimum Gasteiger partial charge on any atom is -0.459 e. The predicted molar refractivity (Wildman–Crippen MR) is 116 cm³/mol. The van der Waals surface area contributed by atoms with Gasteiger partial charge in [0, 0.05) is 6.20 Å². The van der Waals surface area contributed by atoms with E-state index in [1.165, 1.54) is 16.8 Å². The molecule has 0 aliphatic carbocycles. The first-order chi connectivity index (χ1) is 15.8. The van der Waals surface area contributed by atoms with Crippen LogP contribution in [0.5, 0.6) is 0 Å². The van der Waals surface area contributed by atoms with Gasteiger partial charge >= 0.3 is 11.7 Å². The zero-order valence-corrected chi connectivity index (χ0v) is 18.0. The standard InChI is InChI=1S/C23H23N3O7/c1-23(2)32-18-16(12-30-21(27)15-8-7-13-5-3-4-6-14(13)11-15)31-20(19(18)33-23)26-10-9-17(25-29)24-22(26)28/h3-11,16,18-20,29H,12H2,1-2H3,(H,24,25,28)/t16-,18-,19-,20-/m1/s1. The summed E-state index contributed by atoms with van der Waals surface area (Å²) < 4.78 is 24.8. The Labute approximate surface area is 188 Å². The van der Waals surface area contributed by atoms with Gasteiger partial charge in [-0.1, -0.05) is 30.3 Å². The van der Waals surface area contributed by atoms with Crippen molar-refractivity contribution in [2.75, 3.05) is 12.1 Å². The number of anilines is 1. The number of hydrogen-bond donors (Lipinski definition) is 2. The van der Waals surface area contributed by atoms with Crippen LogP contribution in [0, 0.1) is 0 Å². The number of hydrogen-bond acceptors (Lipinski definition) is 9. The van der Waals surface area contributed by atoms with Crippen molar-refractivity contribution in [3.8, 4) is 0 Å². The number of benzene rings is 2. The van der Waals surface area contributed by atoms with Gasteiger partial charge in [0.15, 0.2) is 17.8 Å². The Hall–Kier alpha value is -3.31. The third kappa shape index (κ3) is 4.09. The Bertz CT molecular complexity index is 1260. The molecule has 2 fully saturated rings. The van der Waals surface area contributed by atoms with E-state index in [9.17, 15) is 9.59 Å². The lowest BCUT2D eigenvalue weighted by Gasteiger charge is -2.24. The Morgan fingerprint density at radius 1 is 1.15 bits per heavy atom. The summed E-state index contributed by atoms with van der Waals surface area (Å²) in [5, 5.41) is 10.9. The molecule has 0 unspecified atom stereocenters. The minimum absolute atomic E-state index is 0.00980. The van der Waals surface area contributed by atoms with Crippen LogP contribution in [0.1, 0.15) is 30.4 Å². The van der Waals surface area contributed by atoms with Crippen LogP contribution in [0.15, 0.2) is 59.5 Å². The minimum atomic E-state index is -0.901. The van der Waals surface area contributed by atoms with Gasteiger partial charge in [0.1, 0.15) is 24.9 Å². The molecule has 0 saturated carbocycles. The number of rotatable bonds is 5. The van der Waals surface area contributed by atoms with Crippen LogP contribution >= 0.6 is 0 Å². The van der Waals surface area contributed by atoms with Crippen LogP contribution in [0.2, 0.25) is 0 Å². The summed E-state index contributed by atoms with van der Waals surface area (Å²) in [4.78, 5) is 28.9. The first kappa shape index (κ1) is 21.5. The number of ether oxygens (including phenoxy) is 4. The van der Waals surface area contributed by atoms with E-state index in [1.54, 1.807) is 26.0 Å². The molecule has 2 saturated heterocycles. The zero-order chi connectivity index (χ0) is 23.2. The summed E-state index contributed by atoms with van der Waals surface area (Å²) >= 11 is 0. The molecule has 3 heterocycles. The van der Waals surface area contributed by atoms with E-state index in [-0.39, 0.29) is 12.4 Å². The van der Waals surface area contributed by atoms with E-state index in [0.717, 1.165) is 10.8 Å². The average Bonchev–Trinajstić information content (AvgIpc) is 3.30. The Kier molecular flexibility index (Phi) is 5.37. The van der Waals surface area contributed by atoms with Crippen molar-refractivity contribution in [1.82, 2.24) is 9.55 Å². The summed E-state index contributed by atoms with van der Waals surface area (Å²) in [7, 11) is 0. The Morgan fingerprint density at radius 2 is 1.91 bits per heavy atom. The highest BCUT2D eigenvalue weighted by Gasteiger charge is 2.56.